The van der Waals surface area contributed by atoms with Crippen molar-refractivity contribution in [2.75, 3.05) is 23.9 Å². The van der Waals surface area contributed by atoms with E-state index in [1.54, 1.807) is 0 Å². The third kappa shape index (κ3) is 4.53. The summed E-state index contributed by atoms with van der Waals surface area (Å²) >= 11 is 0. The summed E-state index contributed by atoms with van der Waals surface area (Å²) in [5.41, 5.74) is 4.17. The number of para-hydroxylation sites is 1. The van der Waals surface area contributed by atoms with Crippen LogP contribution in [0, 0.1) is 25.5 Å². The van der Waals surface area contributed by atoms with Gasteiger partial charge in [0.15, 0.2) is 0 Å². The van der Waals surface area contributed by atoms with Gasteiger partial charge in [0, 0.05) is 22.7 Å². The molecular weight excluding hydrogens is 591 g/mol. The number of rotatable bonds is 4. The summed E-state index contributed by atoms with van der Waals surface area (Å²) in [5.74, 6) is 1.29. The summed E-state index contributed by atoms with van der Waals surface area (Å²) in [6.07, 6.45) is 3.98. The smallest absolute Gasteiger partial charge is 0.510 e. The Morgan fingerprint density at radius 3 is 2.15 bits per heavy atom. The molecule has 5 rings (SSSR count). The molecule has 0 atom stereocenters. The van der Waals surface area contributed by atoms with E-state index in [0.29, 0.717) is 11.5 Å². The molecule has 0 radical (unpaired) electrons. The number of benzene rings is 3. The van der Waals surface area contributed by atoms with Gasteiger partial charge >= 0.3 is 21.1 Å². The van der Waals surface area contributed by atoms with Crippen LogP contribution in [0.4, 0.5) is 17.1 Å². The minimum Gasteiger partial charge on any atom is -0.510 e. The maximum Gasteiger partial charge on any atom is 4.00 e. The Labute approximate surface area is 211 Å². The van der Waals surface area contributed by atoms with E-state index in [0.717, 1.165) is 17.1 Å². The first-order chi connectivity index (χ1) is 15.4. The third-order valence-corrected chi connectivity index (χ3v) is 6.03. The van der Waals surface area contributed by atoms with Crippen LogP contribution in [-0.4, -0.2) is 23.9 Å². The fourth-order valence-electron chi connectivity index (χ4n) is 3.96. The summed E-state index contributed by atoms with van der Waals surface area (Å²) in [6.45, 7) is 8.58. The second-order valence-corrected chi connectivity index (χ2v) is 8.56. The fourth-order valence-corrected chi connectivity index (χ4v) is 3.96. The zero-order valence-corrected chi connectivity index (χ0v) is 21.4. The van der Waals surface area contributed by atoms with Crippen molar-refractivity contribution in [1.29, 1.82) is 0 Å². The van der Waals surface area contributed by atoms with Gasteiger partial charge in [0.2, 0.25) is 0 Å². The summed E-state index contributed by atoms with van der Waals surface area (Å²) < 4.78 is 6.15. The van der Waals surface area contributed by atoms with Crippen molar-refractivity contribution >= 4 is 17.1 Å². The maximum absolute atomic E-state index is 6.15. The van der Waals surface area contributed by atoms with E-state index in [1.807, 2.05) is 72.3 Å². The largest absolute Gasteiger partial charge is 4.00 e. The van der Waals surface area contributed by atoms with Crippen LogP contribution in [0.15, 0.2) is 73.1 Å². The van der Waals surface area contributed by atoms with Gasteiger partial charge in [-0.3, -0.25) is 0 Å². The Morgan fingerprint density at radius 2 is 1.45 bits per heavy atom. The molecule has 5 nitrogen and oxygen atoms in total. The summed E-state index contributed by atoms with van der Waals surface area (Å²) in [4.78, 5) is 8.38. The number of ether oxygens (including phenoxy) is 1. The first kappa shape index (κ1) is 23.4. The topological polar surface area (TPSA) is 22.2 Å². The summed E-state index contributed by atoms with van der Waals surface area (Å²) in [6, 6.07) is 27.1. The Hall–Kier alpha value is -2.75. The van der Waals surface area contributed by atoms with Gasteiger partial charge < -0.3 is 24.3 Å². The Bertz CT molecular complexity index is 1160. The second kappa shape index (κ2) is 9.24. The van der Waals surface area contributed by atoms with E-state index in [-0.39, 0.29) is 26.6 Å². The van der Waals surface area contributed by atoms with Crippen LogP contribution < -0.4 is 14.5 Å². The predicted octanol–water partition coefficient (Wildman–Crippen LogP) is 5.86. The number of hydrogen-bond acceptors (Lipinski definition) is 5. The van der Waals surface area contributed by atoms with Crippen LogP contribution in [0.5, 0.6) is 11.5 Å². The normalized spacial score (nSPS) is 17.0. The van der Waals surface area contributed by atoms with Gasteiger partial charge in [0.05, 0.1) is 0 Å². The van der Waals surface area contributed by atoms with Gasteiger partial charge in [0.25, 0.3) is 0 Å². The van der Waals surface area contributed by atoms with E-state index in [2.05, 4.69) is 73.8 Å². The molecule has 0 amide bonds. The second-order valence-electron chi connectivity index (χ2n) is 8.56. The summed E-state index contributed by atoms with van der Waals surface area (Å²) in [7, 11) is 4.09. The molecule has 0 bridgehead atoms. The van der Waals surface area contributed by atoms with Crippen molar-refractivity contribution in [1.82, 2.24) is 9.80 Å². The average Bonchev–Trinajstić information content (AvgIpc) is 3.23. The molecule has 3 aromatic rings. The monoisotopic (exact) mass is 617 g/mol. The molecule has 2 aliphatic rings. The maximum atomic E-state index is 6.15. The van der Waals surface area contributed by atoms with E-state index in [1.165, 1.54) is 5.56 Å². The predicted molar refractivity (Wildman–Crippen MR) is 128 cm³/mol. The van der Waals surface area contributed by atoms with Crippen LogP contribution in [0.25, 0.3) is 0 Å². The van der Waals surface area contributed by atoms with E-state index in [4.69, 9.17) is 4.74 Å². The molecule has 33 heavy (non-hydrogen) atoms. The molecule has 0 aromatic heterocycles. The Kier molecular flexibility index (Phi) is 6.56. The first-order valence-electron chi connectivity index (χ1n) is 10.6. The SMILES string of the molecule is CN1C=CN(c2[c-]c(Oc3[c-]c(N4[CH-]N(C)C(C)(C)c5ccccc54)ccc3)ccc2)[CH-]1.[Pt+4]. The molecule has 0 saturated heterocycles. The number of nitrogens with zero attached hydrogens (tertiary/aromatic N) is 4. The molecule has 6 heteroatoms. The standard InChI is InChI=1S/C27H26N4O.Pt/c1-27(2)25-13-5-6-14-26(25)31(20-29(27)4)22-10-8-12-24(18-22)32-23-11-7-9-21(17-23)30-16-15-28(3)19-30;/h5-16,19-20H,1-4H3;/q-4;+4. The molecular formula is C27H26N4OPt. The van der Waals surface area contributed by atoms with E-state index >= 15 is 0 Å². The van der Waals surface area contributed by atoms with Crippen molar-refractivity contribution < 1.29 is 25.8 Å². The fraction of sp³-hybridized carbons (Fsp3) is 0.185. The van der Waals surface area contributed by atoms with Crippen molar-refractivity contribution in [3.8, 4) is 11.5 Å². The van der Waals surface area contributed by atoms with Crippen molar-refractivity contribution in [2.24, 2.45) is 0 Å². The number of hydrogen-bond donors (Lipinski definition) is 0. The average molecular weight is 618 g/mol. The minimum absolute atomic E-state index is 0. The number of anilines is 3. The van der Waals surface area contributed by atoms with Crippen molar-refractivity contribution in [3.63, 3.8) is 0 Å². The van der Waals surface area contributed by atoms with Crippen LogP contribution >= 0.6 is 0 Å². The first-order valence-corrected chi connectivity index (χ1v) is 10.6. The van der Waals surface area contributed by atoms with Gasteiger partial charge in [-0.25, -0.2) is 0 Å². The molecule has 0 saturated carbocycles. The van der Waals surface area contributed by atoms with Crippen LogP contribution in [0.2, 0.25) is 0 Å². The molecule has 170 valence electrons. The zero-order valence-electron chi connectivity index (χ0n) is 19.1. The van der Waals surface area contributed by atoms with Gasteiger partial charge in [-0.2, -0.15) is 25.5 Å². The third-order valence-electron chi connectivity index (χ3n) is 6.03. The summed E-state index contributed by atoms with van der Waals surface area (Å²) in [5, 5.41) is 0. The van der Waals surface area contributed by atoms with Crippen LogP contribution in [0.3, 0.4) is 0 Å². The molecule has 2 heterocycles. The van der Waals surface area contributed by atoms with E-state index in [9.17, 15) is 0 Å². The molecule has 0 unspecified atom stereocenters. The van der Waals surface area contributed by atoms with Crippen LogP contribution in [0.1, 0.15) is 19.4 Å². The van der Waals surface area contributed by atoms with Crippen molar-refractivity contribution in [2.45, 2.75) is 19.4 Å². The van der Waals surface area contributed by atoms with Crippen molar-refractivity contribution in [3.05, 3.63) is 104 Å². The molecule has 0 fully saturated rings. The number of fused-ring (bicyclic) bond motifs is 1. The van der Waals surface area contributed by atoms with Gasteiger partial charge in [-0.05, 0) is 52.0 Å². The molecule has 0 aliphatic carbocycles. The molecule has 2 aliphatic heterocycles. The van der Waals surface area contributed by atoms with Gasteiger partial charge in [-0.15, -0.1) is 47.8 Å². The van der Waals surface area contributed by atoms with E-state index < -0.39 is 0 Å². The Balaban J connectivity index is 0.00000259. The van der Waals surface area contributed by atoms with Gasteiger partial charge in [0.1, 0.15) is 0 Å². The quantitative estimate of drug-likeness (QED) is 0.342. The van der Waals surface area contributed by atoms with Crippen LogP contribution in [-0.2, 0) is 26.6 Å². The van der Waals surface area contributed by atoms with Gasteiger partial charge in [-0.1, -0.05) is 18.2 Å². The minimum atomic E-state index is -0.0916. The molecule has 0 spiro atoms. The Morgan fingerprint density at radius 1 is 0.788 bits per heavy atom. The molecule has 3 aromatic carbocycles. The molecule has 0 N–H and O–H groups in total. The zero-order chi connectivity index (χ0) is 22.3.